The molecule has 3 rings (SSSR count). The van der Waals surface area contributed by atoms with Gasteiger partial charge in [-0.3, -0.25) is 4.79 Å². The zero-order valence-electron chi connectivity index (χ0n) is 20.1. The molecule has 0 aromatic heterocycles. The Morgan fingerprint density at radius 2 is 1.62 bits per heavy atom. The first-order valence-corrected chi connectivity index (χ1v) is 12.7. The Kier molecular flexibility index (Phi) is 8.95. The molecular weight excluding hydrogens is 410 g/mol. The summed E-state index contributed by atoms with van der Waals surface area (Å²) in [6.45, 7) is 6.89. The molecule has 0 bridgehead atoms. The van der Waals surface area contributed by atoms with E-state index in [4.69, 9.17) is 9.47 Å². The molecule has 5 heteroatoms. The largest absolute Gasteiger partial charge is 0.490 e. The minimum absolute atomic E-state index is 0.149. The van der Waals surface area contributed by atoms with Gasteiger partial charge in [0.15, 0.2) is 11.5 Å². The highest BCUT2D eigenvalue weighted by Crippen LogP contribution is 2.54. The zero-order chi connectivity index (χ0) is 23.1. The van der Waals surface area contributed by atoms with Crippen LogP contribution in [-0.2, 0) is 4.79 Å². The summed E-state index contributed by atoms with van der Waals surface area (Å²) in [4.78, 5) is 12.7. The van der Waals surface area contributed by atoms with Crippen LogP contribution >= 0.6 is 0 Å². The number of benzene rings is 1. The van der Waals surface area contributed by atoms with Crippen LogP contribution in [0.1, 0.15) is 97.8 Å². The highest BCUT2D eigenvalue weighted by molar-refractivity contribution is 5.75. The van der Waals surface area contributed by atoms with Crippen LogP contribution in [0.3, 0.4) is 0 Å². The Hall–Kier alpha value is -1.65. The molecule has 0 heterocycles. The lowest BCUT2D eigenvalue weighted by molar-refractivity contribution is -0.141. The molecule has 0 aliphatic heterocycles. The molecule has 1 unspecified atom stereocenters. The van der Waals surface area contributed by atoms with Crippen molar-refractivity contribution in [2.24, 2.45) is 23.2 Å². The zero-order valence-corrected chi connectivity index (χ0v) is 20.1. The molecule has 2 aliphatic rings. The van der Waals surface area contributed by atoms with Gasteiger partial charge in [-0.25, -0.2) is 0 Å². The quantitative estimate of drug-likeness (QED) is 0.284. The van der Waals surface area contributed by atoms with E-state index in [9.17, 15) is 13.6 Å². The third kappa shape index (κ3) is 5.46. The maximum Gasteiger partial charge on any atom is 0.314 e. The van der Waals surface area contributed by atoms with Crippen molar-refractivity contribution in [3.05, 3.63) is 23.8 Å². The van der Waals surface area contributed by atoms with Gasteiger partial charge in [-0.1, -0.05) is 52.9 Å². The molecule has 2 saturated carbocycles. The van der Waals surface area contributed by atoms with Gasteiger partial charge in [-0.05, 0) is 74.3 Å². The first-order chi connectivity index (χ1) is 15.4. The van der Waals surface area contributed by atoms with Gasteiger partial charge in [0.25, 0.3) is 0 Å². The summed E-state index contributed by atoms with van der Waals surface area (Å²) in [7, 11) is 0. The third-order valence-electron chi connectivity index (χ3n) is 8.04. The second-order valence-corrected chi connectivity index (χ2v) is 9.99. The van der Waals surface area contributed by atoms with Crippen molar-refractivity contribution < 1.29 is 23.0 Å². The molecule has 0 spiro atoms. The molecule has 0 amide bonds. The van der Waals surface area contributed by atoms with E-state index in [2.05, 4.69) is 13.8 Å². The van der Waals surface area contributed by atoms with E-state index in [0.717, 1.165) is 25.7 Å². The lowest BCUT2D eigenvalue weighted by atomic mass is 9.55. The Labute approximate surface area is 192 Å². The molecule has 2 aliphatic carbocycles. The number of esters is 1. The Balaban J connectivity index is 1.61. The highest BCUT2D eigenvalue weighted by Gasteiger charge is 2.45. The van der Waals surface area contributed by atoms with Crippen LogP contribution in [0, 0.1) is 34.8 Å². The fourth-order valence-electron chi connectivity index (χ4n) is 6.25. The monoisotopic (exact) mass is 450 g/mol. The van der Waals surface area contributed by atoms with Crippen molar-refractivity contribution in [2.45, 2.75) is 97.8 Å². The van der Waals surface area contributed by atoms with Crippen LogP contribution in [-0.4, -0.2) is 12.6 Å². The lowest BCUT2D eigenvalue weighted by Crippen LogP contribution is -2.41. The standard InChI is InChI=1S/C27H40F2O3/c1-4-9-19(3)27(16-7-6-8-17-27)21-12-10-20(11-13-21)26(30)32-23-15-14-22(31-18-5-2)24(28)25(23)29/h14-15,19-21H,4-13,16-18H2,1-3H3. The van der Waals surface area contributed by atoms with Crippen LogP contribution in [0.2, 0.25) is 0 Å². The number of hydrogen-bond acceptors (Lipinski definition) is 3. The first-order valence-electron chi connectivity index (χ1n) is 12.7. The number of rotatable bonds is 9. The van der Waals surface area contributed by atoms with Gasteiger partial charge in [0.1, 0.15) is 0 Å². The van der Waals surface area contributed by atoms with Gasteiger partial charge in [-0.15, -0.1) is 0 Å². The van der Waals surface area contributed by atoms with E-state index in [-0.39, 0.29) is 17.4 Å². The first kappa shape index (κ1) is 25.0. The lowest BCUT2D eigenvalue weighted by Gasteiger charge is -2.50. The van der Waals surface area contributed by atoms with Gasteiger partial charge in [0.05, 0.1) is 12.5 Å². The van der Waals surface area contributed by atoms with E-state index in [1.165, 1.54) is 57.1 Å². The fraction of sp³-hybridized carbons (Fsp3) is 0.741. The Morgan fingerprint density at radius 3 is 2.25 bits per heavy atom. The summed E-state index contributed by atoms with van der Waals surface area (Å²) in [5, 5.41) is 0. The average molecular weight is 451 g/mol. The van der Waals surface area contributed by atoms with E-state index in [1.54, 1.807) is 0 Å². The third-order valence-corrected chi connectivity index (χ3v) is 8.04. The smallest absolute Gasteiger partial charge is 0.314 e. The van der Waals surface area contributed by atoms with Gasteiger partial charge in [0.2, 0.25) is 11.6 Å². The van der Waals surface area contributed by atoms with E-state index >= 15 is 0 Å². The minimum atomic E-state index is -1.16. The summed E-state index contributed by atoms with van der Waals surface area (Å²) < 4.78 is 39.1. The van der Waals surface area contributed by atoms with Crippen molar-refractivity contribution in [1.82, 2.24) is 0 Å². The molecular formula is C27H40F2O3. The Morgan fingerprint density at radius 1 is 1.00 bits per heavy atom. The summed E-state index contributed by atoms with van der Waals surface area (Å²) >= 11 is 0. The highest BCUT2D eigenvalue weighted by atomic mass is 19.2. The predicted octanol–water partition coefficient (Wildman–Crippen LogP) is 7.85. The number of hydrogen-bond donors (Lipinski definition) is 0. The minimum Gasteiger partial charge on any atom is -0.490 e. The summed E-state index contributed by atoms with van der Waals surface area (Å²) in [6, 6.07) is 2.62. The molecule has 2 fully saturated rings. The fourth-order valence-corrected chi connectivity index (χ4v) is 6.25. The molecule has 0 N–H and O–H groups in total. The molecule has 1 aromatic rings. The molecule has 0 saturated heterocycles. The average Bonchev–Trinajstić information content (AvgIpc) is 2.82. The summed E-state index contributed by atoms with van der Waals surface area (Å²) in [5.74, 6) is -2.08. The van der Waals surface area contributed by atoms with Crippen LogP contribution in [0.5, 0.6) is 11.5 Å². The van der Waals surface area contributed by atoms with Crippen LogP contribution < -0.4 is 9.47 Å². The van der Waals surface area contributed by atoms with Crippen LogP contribution in [0.4, 0.5) is 8.78 Å². The molecule has 180 valence electrons. The maximum atomic E-state index is 14.4. The van der Waals surface area contributed by atoms with Crippen molar-refractivity contribution in [3.8, 4) is 11.5 Å². The molecule has 1 atom stereocenters. The van der Waals surface area contributed by atoms with E-state index < -0.39 is 17.6 Å². The van der Waals surface area contributed by atoms with E-state index in [1.807, 2.05) is 6.92 Å². The normalized spacial score (nSPS) is 24.0. The topological polar surface area (TPSA) is 35.5 Å². The molecule has 1 aromatic carbocycles. The van der Waals surface area contributed by atoms with Gasteiger partial charge in [0, 0.05) is 0 Å². The van der Waals surface area contributed by atoms with Gasteiger partial charge in [-0.2, -0.15) is 8.78 Å². The van der Waals surface area contributed by atoms with Crippen molar-refractivity contribution in [3.63, 3.8) is 0 Å². The van der Waals surface area contributed by atoms with Crippen LogP contribution in [0.25, 0.3) is 0 Å². The number of halogens is 2. The van der Waals surface area contributed by atoms with Gasteiger partial charge >= 0.3 is 5.97 Å². The maximum absolute atomic E-state index is 14.4. The predicted molar refractivity (Wildman–Crippen MR) is 123 cm³/mol. The Bertz CT molecular complexity index is 750. The van der Waals surface area contributed by atoms with Crippen LogP contribution in [0.15, 0.2) is 12.1 Å². The number of carbonyl (C=O) groups is 1. The molecule has 0 radical (unpaired) electrons. The SMILES string of the molecule is CCCOc1ccc(OC(=O)C2CCC(C3(C(C)CCC)CCCCC3)CC2)c(F)c1F. The number of ether oxygens (including phenoxy) is 2. The molecule has 32 heavy (non-hydrogen) atoms. The van der Waals surface area contributed by atoms with Crippen molar-refractivity contribution in [2.75, 3.05) is 6.61 Å². The second kappa shape index (κ2) is 11.5. The van der Waals surface area contributed by atoms with Crippen molar-refractivity contribution in [1.29, 1.82) is 0 Å². The summed E-state index contributed by atoms with van der Waals surface area (Å²) in [5.41, 5.74) is 0.409. The second-order valence-electron chi connectivity index (χ2n) is 9.99. The van der Waals surface area contributed by atoms with E-state index in [0.29, 0.717) is 30.3 Å². The number of carbonyl (C=O) groups excluding carboxylic acids is 1. The van der Waals surface area contributed by atoms with Gasteiger partial charge < -0.3 is 9.47 Å². The molecule has 3 nitrogen and oxygen atoms in total. The summed E-state index contributed by atoms with van der Waals surface area (Å²) in [6.07, 6.45) is 13.4. The van der Waals surface area contributed by atoms with Crippen molar-refractivity contribution >= 4 is 5.97 Å².